The summed E-state index contributed by atoms with van der Waals surface area (Å²) in [5.41, 5.74) is 0.677. The SMILES string of the molecule is O=C(O)COc1c(I)cc(C=C2C(=O)NC(=O)N(c3ccccc3)C2=O)cc1I. The van der Waals surface area contributed by atoms with Gasteiger partial charge in [-0.15, -0.1) is 0 Å². The van der Waals surface area contributed by atoms with Crippen LogP contribution in [0.1, 0.15) is 5.56 Å². The molecule has 1 saturated heterocycles. The Labute approximate surface area is 192 Å². The number of barbiturate groups is 1. The van der Waals surface area contributed by atoms with E-state index in [1.54, 1.807) is 42.5 Å². The van der Waals surface area contributed by atoms with E-state index in [1.807, 2.05) is 45.2 Å². The second kappa shape index (κ2) is 8.90. The van der Waals surface area contributed by atoms with Gasteiger partial charge in [0.15, 0.2) is 6.61 Å². The number of imide groups is 2. The highest BCUT2D eigenvalue weighted by Crippen LogP contribution is 2.30. The Balaban J connectivity index is 1.96. The maximum Gasteiger partial charge on any atom is 0.341 e. The standard InChI is InChI=1S/C19H12I2N2O6/c20-13-7-10(8-14(21)16(13)29-9-15(24)25)6-12-17(26)22-19(28)23(18(12)27)11-4-2-1-3-5-11/h1-8H,9H2,(H,24,25)(H,22,26,28). The average molecular weight is 618 g/mol. The maximum absolute atomic E-state index is 12.8. The van der Waals surface area contributed by atoms with Crippen LogP contribution in [0.4, 0.5) is 10.5 Å². The van der Waals surface area contributed by atoms with Crippen LogP contribution in [0.25, 0.3) is 6.08 Å². The number of nitrogens with one attached hydrogen (secondary N) is 1. The molecule has 10 heteroatoms. The zero-order valence-electron chi connectivity index (χ0n) is 14.5. The molecule has 4 amide bonds. The van der Waals surface area contributed by atoms with Gasteiger partial charge in [0.1, 0.15) is 11.3 Å². The number of hydrogen-bond donors (Lipinski definition) is 2. The van der Waals surface area contributed by atoms with Crippen molar-refractivity contribution in [1.29, 1.82) is 0 Å². The molecule has 1 fully saturated rings. The van der Waals surface area contributed by atoms with Crippen molar-refractivity contribution < 1.29 is 29.0 Å². The van der Waals surface area contributed by atoms with E-state index in [0.29, 0.717) is 24.1 Å². The fraction of sp³-hybridized carbons (Fsp3) is 0.0526. The number of rotatable bonds is 5. The summed E-state index contributed by atoms with van der Waals surface area (Å²) in [5, 5.41) is 10.9. The number of nitrogens with zero attached hydrogens (tertiary/aromatic N) is 1. The monoisotopic (exact) mass is 618 g/mol. The quantitative estimate of drug-likeness (QED) is 0.303. The Bertz CT molecular complexity index is 1030. The Kier molecular flexibility index (Phi) is 6.52. The van der Waals surface area contributed by atoms with E-state index in [4.69, 9.17) is 9.84 Å². The van der Waals surface area contributed by atoms with Crippen LogP contribution in [-0.2, 0) is 14.4 Å². The molecule has 2 N–H and O–H groups in total. The summed E-state index contributed by atoms with van der Waals surface area (Å²) in [5.74, 6) is -2.22. The summed E-state index contributed by atoms with van der Waals surface area (Å²) in [6, 6.07) is 10.8. The number of halogens is 2. The molecular weight excluding hydrogens is 606 g/mol. The van der Waals surface area contributed by atoms with Crippen molar-refractivity contribution in [3.05, 3.63) is 60.7 Å². The highest BCUT2D eigenvalue weighted by atomic mass is 127. The number of carboxylic acids is 1. The van der Waals surface area contributed by atoms with Crippen molar-refractivity contribution in [3.63, 3.8) is 0 Å². The molecule has 8 nitrogen and oxygen atoms in total. The van der Waals surface area contributed by atoms with Crippen molar-refractivity contribution in [3.8, 4) is 5.75 Å². The van der Waals surface area contributed by atoms with Gasteiger partial charge < -0.3 is 9.84 Å². The minimum absolute atomic E-state index is 0.195. The molecule has 0 aliphatic carbocycles. The second-order valence-electron chi connectivity index (χ2n) is 5.79. The molecule has 29 heavy (non-hydrogen) atoms. The fourth-order valence-electron chi connectivity index (χ4n) is 2.57. The third-order valence-corrected chi connectivity index (χ3v) is 5.39. The van der Waals surface area contributed by atoms with Gasteiger partial charge in [0.25, 0.3) is 11.8 Å². The molecule has 1 aliphatic rings. The first-order chi connectivity index (χ1) is 13.8. The molecule has 3 rings (SSSR count). The summed E-state index contributed by atoms with van der Waals surface area (Å²) in [6.07, 6.45) is 1.38. The van der Waals surface area contributed by atoms with Gasteiger partial charge in [0, 0.05) is 0 Å². The van der Waals surface area contributed by atoms with Crippen LogP contribution in [0.2, 0.25) is 0 Å². The van der Waals surface area contributed by atoms with E-state index in [2.05, 4.69) is 5.32 Å². The van der Waals surface area contributed by atoms with Crippen LogP contribution in [-0.4, -0.2) is 35.5 Å². The lowest BCUT2D eigenvalue weighted by Gasteiger charge is -2.26. The van der Waals surface area contributed by atoms with Crippen LogP contribution >= 0.6 is 45.2 Å². The number of aliphatic carboxylic acids is 1. The number of amides is 4. The van der Waals surface area contributed by atoms with E-state index in [1.165, 1.54) is 6.08 Å². The molecule has 0 aromatic heterocycles. The second-order valence-corrected chi connectivity index (χ2v) is 8.11. The molecule has 1 heterocycles. The van der Waals surface area contributed by atoms with Crippen molar-refractivity contribution >= 4 is 80.8 Å². The first-order valence-corrected chi connectivity index (χ1v) is 10.2. The molecule has 148 valence electrons. The molecular formula is C19H12I2N2O6. The summed E-state index contributed by atoms with van der Waals surface area (Å²) in [4.78, 5) is 48.9. The van der Waals surface area contributed by atoms with E-state index in [9.17, 15) is 19.2 Å². The number of ether oxygens (including phenoxy) is 1. The maximum atomic E-state index is 12.8. The van der Waals surface area contributed by atoms with Gasteiger partial charge in [-0.2, -0.15) is 0 Å². The van der Waals surface area contributed by atoms with E-state index in [0.717, 1.165) is 4.90 Å². The smallest absolute Gasteiger partial charge is 0.341 e. The first kappa shape index (κ1) is 21.2. The van der Waals surface area contributed by atoms with Gasteiger partial charge in [0.05, 0.1) is 12.8 Å². The van der Waals surface area contributed by atoms with Crippen LogP contribution in [0.5, 0.6) is 5.75 Å². The first-order valence-electron chi connectivity index (χ1n) is 8.08. The Morgan fingerprint density at radius 1 is 1.10 bits per heavy atom. The molecule has 2 aromatic rings. The number of carboxylic acid groups (broad SMARTS) is 1. The van der Waals surface area contributed by atoms with Crippen LogP contribution in [0, 0.1) is 7.14 Å². The predicted octanol–water partition coefficient (Wildman–Crippen LogP) is 3.03. The number of benzene rings is 2. The van der Waals surface area contributed by atoms with Crippen molar-refractivity contribution in [2.45, 2.75) is 0 Å². The van der Waals surface area contributed by atoms with Crippen molar-refractivity contribution in [2.24, 2.45) is 0 Å². The molecule has 1 aliphatic heterocycles. The van der Waals surface area contributed by atoms with Crippen molar-refractivity contribution in [2.75, 3.05) is 11.5 Å². The minimum atomic E-state index is -1.10. The van der Waals surface area contributed by atoms with E-state index in [-0.39, 0.29) is 5.57 Å². The number of hydrogen-bond acceptors (Lipinski definition) is 5. The third kappa shape index (κ3) is 4.75. The van der Waals surface area contributed by atoms with Gasteiger partial charge in [-0.1, -0.05) is 18.2 Å². The normalized spacial score (nSPS) is 15.4. The van der Waals surface area contributed by atoms with Crippen molar-refractivity contribution in [1.82, 2.24) is 5.32 Å². The molecule has 0 bridgehead atoms. The topological polar surface area (TPSA) is 113 Å². The Morgan fingerprint density at radius 2 is 1.72 bits per heavy atom. The highest BCUT2D eigenvalue weighted by Gasteiger charge is 2.36. The average Bonchev–Trinajstić information content (AvgIpc) is 2.65. The van der Waals surface area contributed by atoms with Gasteiger partial charge in [0.2, 0.25) is 0 Å². The molecule has 2 aromatic carbocycles. The lowest BCUT2D eigenvalue weighted by molar-refractivity contribution is -0.139. The zero-order valence-corrected chi connectivity index (χ0v) is 18.8. The number of carbonyl (C=O) groups is 4. The Morgan fingerprint density at radius 3 is 2.31 bits per heavy atom. The van der Waals surface area contributed by atoms with E-state index >= 15 is 0 Å². The fourth-order valence-corrected chi connectivity index (χ4v) is 4.70. The Hall–Kier alpha value is -2.48. The zero-order chi connectivity index (χ0) is 21.1. The summed E-state index contributed by atoms with van der Waals surface area (Å²) in [7, 11) is 0. The number of para-hydroxylation sites is 1. The third-order valence-electron chi connectivity index (χ3n) is 3.79. The predicted molar refractivity (Wildman–Crippen MR) is 120 cm³/mol. The molecule has 0 unspecified atom stereocenters. The lowest BCUT2D eigenvalue weighted by Crippen LogP contribution is -2.54. The highest BCUT2D eigenvalue weighted by molar-refractivity contribution is 14.1. The summed E-state index contributed by atoms with van der Waals surface area (Å²) < 4.78 is 6.50. The van der Waals surface area contributed by atoms with Gasteiger partial charge >= 0.3 is 12.0 Å². The number of anilines is 1. The molecule has 0 radical (unpaired) electrons. The minimum Gasteiger partial charge on any atom is -0.480 e. The van der Waals surface area contributed by atoms with Crippen LogP contribution < -0.4 is 15.0 Å². The largest absolute Gasteiger partial charge is 0.480 e. The number of urea groups is 1. The number of carbonyl (C=O) groups excluding carboxylic acids is 3. The summed E-state index contributed by atoms with van der Waals surface area (Å²) in [6.45, 7) is -0.485. The lowest BCUT2D eigenvalue weighted by atomic mass is 10.1. The van der Waals surface area contributed by atoms with Gasteiger partial charge in [-0.3, -0.25) is 14.9 Å². The van der Waals surface area contributed by atoms with Crippen LogP contribution in [0.3, 0.4) is 0 Å². The van der Waals surface area contributed by atoms with E-state index < -0.39 is 30.4 Å². The molecule has 0 atom stereocenters. The van der Waals surface area contributed by atoms with Gasteiger partial charge in [-0.05, 0) is 81.1 Å². The molecule has 0 saturated carbocycles. The molecule has 0 spiro atoms. The van der Waals surface area contributed by atoms with Gasteiger partial charge in [-0.25, -0.2) is 14.5 Å². The summed E-state index contributed by atoms with van der Waals surface area (Å²) >= 11 is 3.96. The van der Waals surface area contributed by atoms with Crippen LogP contribution in [0.15, 0.2) is 48.0 Å².